The summed E-state index contributed by atoms with van der Waals surface area (Å²) >= 11 is 7.61. The molecular weight excluding hydrogens is 442 g/mol. The van der Waals surface area contributed by atoms with Gasteiger partial charge in [-0.2, -0.15) is 0 Å². The number of thioether (sulfide) groups is 1. The number of hydrogen-bond donors (Lipinski definition) is 1. The largest absolute Gasteiger partial charge is 0.481 e. The number of aromatic nitrogens is 1. The first-order chi connectivity index (χ1) is 14.2. The number of aryl methyl sites for hydroxylation is 1. The minimum atomic E-state index is -0.993. The number of hydrogen-bond acceptors (Lipinski definition) is 7. The maximum absolute atomic E-state index is 12.6. The molecule has 30 heavy (non-hydrogen) atoms. The molecule has 3 rings (SSSR count). The summed E-state index contributed by atoms with van der Waals surface area (Å²) in [5.74, 6) is -1.49. The Balaban J connectivity index is 1.87. The lowest BCUT2D eigenvalue weighted by atomic mass is 10.1. The van der Waals surface area contributed by atoms with Crippen LogP contribution in [0.5, 0.6) is 0 Å². The average Bonchev–Trinajstić information content (AvgIpc) is 3.22. The van der Waals surface area contributed by atoms with E-state index in [4.69, 9.17) is 17.3 Å². The molecule has 1 aromatic carbocycles. The smallest absolute Gasteiger partial charge is 0.305 e. The third-order valence-corrected chi connectivity index (χ3v) is 6.76. The van der Waals surface area contributed by atoms with Crippen LogP contribution in [-0.2, 0) is 14.4 Å². The number of carbonyl (C=O) groups is 3. The fourth-order valence-electron chi connectivity index (χ4n) is 2.86. The van der Waals surface area contributed by atoms with Crippen LogP contribution in [0.15, 0.2) is 28.5 Å². The summed E-state index contributed by atoms with van der Waals surface area (Å²) in [6.07, 6.45) is 1.44. The van der Waals surface area contributed by atoms with Gasteiger partial charge in [0.2, 0.25) is 5.91 Å². The SMILES string of the molecule is CC(=O)N(c1nc(/C=C2/SC(=S)N(CCC(=O)O)C2=O)cs1)c1cccc(C)c1C. The molecule has 2 amide bonds. The third-order valence-electron chi connectivity index (χ3n) is 4.53. The highest BCUT2D eigenvalue weighted by atomic mass is 32.2. The number of anilines is 2. The topological polar surface area (TPSA) is 90.8 Å². The van der Waals surface area contributed by atoms with Gasteiger partial charge in [-0.05, 0) is 37.1 Å². The molecule has 0 unspecified atom stereocenters. The van der Waals surface area contributed by atoms with Crippen LogP contribution >= 0.6 is 35.3 Å². The van der Waals surface area contributed by atoms with Gasteiger partial charge in [-0.15, -0.1) is 11.3 Å². The van der Waals surface area contributed by atoms with Crippen molar-refractivity contribution in [3.63, 3.8) is 0 Å². The van der Waals surface area contributed by atoms with E-state index in [9.17, 15) is 14.4 Å². The molecule has 0 radical (unpaired) electrons. The Morgan fingerprint density at radius 1 is 1.33 bits per heavy atom. The van der Waals surface area contributed by atoms with E-state index >= 15 is 0 Å². The van der Waals surface area contributed by atoms with Crippen molar-refractivity contribution in [3.05, 3.63) is 45.3 Å². The molecule has 1 N–H and O–H groups in total. The van der Waals surface area contributed by atoms with Crippen molar-refractivity contribution < 1.29 is 19.5 Å². The molecule has 10 heteroatoms. The van der Waals surface area contributed by atoms with E-state index in [0.29, 0.717) is 20.1 Å². The molecular formula is C20H19N3O4S3. The lowest BCUT2D eigenvalue weighted by molar-refractivity contribution is -0.137. The van der Waals surface area contributed by atoms with Crippen LogP contribution < -0.4 is 4.90 Å². The second-order valence-electron chi connectivity index (χ2n) is 6.61. The number of aliphatic carboxylic acids is 1. The van der Waals surface area contributed by atoms with Crippen molar-refractivity contribution >= 4 is 74.3 Å². The number of rotatable bonds is 6. The first-order valence-electron chi connectivity index (χ1n) is 8.98. The molecule has 1 saturated heterocycles. The van der Waals surface area contributed by atoms with Gasteiger partial charge in [0.05, 0.1) is 22.7 Å². The number of benzene rings is 1. The number of carboxylic acids is 1. The summed E-state index contributed by atoms with van der Waals surface area (Å²) < 4.78 is 0.323. The van der Waals surface area contributed by atoms with Crippen LogP contribution in [0.4, 0.5) is 10.8 Å². The molecule has 0 bridgehead atoms. The predicted octanol–water partition coefficient (Wildman–Crippen LogP) is 4.12. The fourth-order valence-corrected chi connectivity index (χ4v) is 5.00. The predicted molar refractivity (Wildman–Crippen MR) is 123 cm³/mol. The Hall–Kier alpha value is -2.56. The molecule has 1 aliphatic rings. The van der Waals surface area contributed by atoms with E-state index in [1.165, 1.54) is 23.2 Å². The fraction of sp³-hybridized carbons (Fsp3) is 0.250. The minimum Gasteiger partial charge on any atom is -0.481 e. The zero-order valence-electron chi connectivity index (χ0n) is 16.5. The Bertz CT molecular complexity index is 1080. The zero-order chi connectivity index (χ0) is 22.0. The van der Waals surface area contributed by atoms with E-state index in [2.05, 4.69) is 4.98 Å². The summed E-state index contributed by atoms with van der Waals surface area (Å²) in [5, 5.41) is 11.1. The highest BCUT2D eigenvalue weighted by Crippen LogP contribution is 2.35. The van der Waals surface area contributed by atoms with Crippen LogP contribution in [0.25, 0.3) is 6.08 Å². The monoisotopic (exact) mass is 461 g/mol. The van der Waals surface area contributed by atoms with Gasteiger partial charge in [-0.1, -0.05) is 36.1 Å². The molecule has 1 aromatic heterocycles. The Kier molecular flexibility index (Phi) is 6.69. The van der Waals surface area contributed by atoms with Crippen LogP contribution in [0.3, 0.4) is 0 Å². The average molecular weight is 462 g/mol. The van der Waals surface area contributed by atoms with Gasteiger partial charge in [0, 0.05) is 18.8 Å². The highest BCUT2D eigenvalue weighted by Gasteiger charge is 2.32. The van der Waals surface area contributed by atoms with Gasteiger partial charge in [-0.3, -0.25) is 24.2 Å². The second-order valence-corrected chi connectivity index (χ2v) is 9.12. The number of carboxylic acid groups (broad SMARTS) is 1. The maximum atomic E-state index is 12.6. The van der Waals surface area contributed by atoms with E-state index in [1.807, 2.05) is 32.0 Å². The standard InChI is InChI=1S/C20H19N3O4S3/c1-11-5-4-6-15(12(11)2)23(13(3)24)19-21-14(10-29-19)9-16-18(27)22(20(28)30-16)8-7-17(25)26/h4-6,9-10H,7-8H2,1-3H3,(H,25,26)/b16-9+. The molecule has 156 valence electrons. The summed E-state index contributed by atoms with van der Waals surface area (Å²) in [5.41, 5.74) is 3.36. The highest BCUT2D eigenvalue weighted by molar-refractivity contribution is 8.26. The Labute approximate surface area is 187 Å². The summed E-state index contributed by atoms with van der Waals surface area (Å²) in [4.78, 5) is 43.5. The quantitative estimate of drug-likeness (QED) is 0.511. The van der Waals surface area contributed by atoms with Crippen molar-refractivity contribution in [1.82, 2.24) is 9.88 Å². The van der Waals surface area contributed by atoms with Gasteiger partial charge in [0.1, 0.15) is 4.32 Å². The summed E-state index contributed by atoms with van der Waals surface area (Å²) in [6, 6.07) is 5.75. The van der Waals surface area contributed by atoms with Crippen LogP contribution in [0.1, 0.15) is 30.2 Å². The van der Waals surface area contributed by atoms with Gasteiger partial charge in [0.15, 0.2) is 5.13 Å². The minimum absolute atomic E-state index is 0.0321. The van der Waals surface area contributed by atoms with Crippen LogP contribution in [0.2, 0.25) is 0 Å². The second kappa shape index (κ2) is 9.07. The van der Waals surface area contributed by atoms with Crippen molar-refractivity contribution in [2.24, 2.45) is 0 Å². The van der Waals surface area contributed by atoms with Crippen molar-refractivity contribution in [1.29, 1.82) is 0 Å². The number of carbonyl (C=O) groups excluding carboxylic acids is 2. The zero-order valence-corrected chi connectivity index (χ0v) is 19.0. The lowest BCUT2D eigenvalue weighted by Crippen LogP contribution is -2.30. The number of thiocarbonyl (C=S) groups is 1. The molecule has 0 spiro atoms. The normalized spacial score (nSPS) is 15.2. The maximum Gasteiger partial charge on any atom is 0.305 e. The first kappa shape index (κ1) is 22.1. The molecule has 7 nitrogen and oxygen atoms in total. The Morgan fingerprint density at radius 2 is 2.07 bits per heavy atom. The number of thiazole rings is 1. The molecule has 0 aliphatic carbocycles. The molecule has 1 aliphatic heterocycles. The van der Waals surface area contributed by atoms with E-state index < -0.39 is 5.97 Å². The van der Waals surface area contributed by atoms with E-state index in [0.717, 1.165) is 28.6 Å². The van der Waals surface area contributed by atoms with E-state index in [1.54, 1.807) is 16.4 Å². The van der Waals surface area contributed by atoms with Crippen molar-refractivity contribution in [3.8, 4) is 0 Å². The van der Waals surface area contributed by atoms with Gasteiger partial charge < -0.3 is 5.11 Å². The summed E-state index contributed by atoms with van der Waals surface area (Å²) in [7, 11) is 0. The number of amides is 2. The molecule has 0 saturated carbocycles. The Morgan fingerprint density at radius 3 is 2.73 bits per heavy atom. The van der Waals surface area contributed by atoms with E-state index in [-0.39, 0.29) is 24.8 Å². The van der Waals surface area contributed by atoms with Gasteiger partial charge in [0.25, 0.3) is 5.91 Å². The third kappa shape index (κ3) is 4.61. The van der Waals surface area contributed by atoms with Crippen molar-refractivity contribution in [2.45, 2.75) is 27.2 Å². The van der Waals surface area contributed by atoms with Crippen LogP contribution in [0, 0.1) is 13.8 Å². The summed E-state index contributed by atoms with van der Waals surface area (Å²) in [6.45, 7) is 5.45. The molecule has 1 fully saturated rings. The lowest BCUT2D eigenvalue weighted by Gasteiger charge is -2.21. The van der Waals surface area contributed by atoms with Gasteiger partial charge in [-0.25, -0.2) is 4.98 Å². The molecule has 2 heterocycles. The molecule has 2 aromatic rings. The first-order valence-corrected chi connectivity index (χ1v) is 11.1. The van der Waals surface area contributed by atoms with Gasteiger partial charge >= 0.3 is 5.97 Å². The number of nitrogens with zero attached hydrogens (tertiary/aromatic N) is 3. The van der Waals surface area contributed by atoms with Crippen molar-refractivity contribution in [2.75, 3.05) is 11.4 Å². The molecule has 0 atom stereocenters. The van der Waals surface area contributed by atoms with Crippen LogP contribution in [-0.4, -0.2) is 43.6 Å².